The summed E-state index contributed by atoms with van der Waals surface area (Å²) in [7, 11) is 2.90. The van der Waals surface area contributed by atoms with E-state index in [2.05, 4.69) is 16.9 Å². The normalized spacial score (nSPS) is 20.0. The van der Waals surface area contributed by atoms with Crippen LogP contribution < -0.4 is 10.7 Å². The molecule has 0 amide bonds. The van der Waals surface area contributed by atoms with Crippen LogP contribution in [-0.2, 0) is 36.9 Å². The van der Waals surface area contributed by atoms with Crippen LogP contribution in [0.2, 0.25) is 0 Å². The lowest BCUT2D eigenvalue weighted by atomic mass is 9.93. The smallest absolute Gasteiger partial charge is 0.305 e. The first-order chi connectivity index (χ1) is 21.9. The molecule has 242 valence electrons. The number of aromatic amines is 2. The molecule has 5 rings (SSSR count). The van der Waals surface area contributed by atoms with E-state index >= 15 is 0 Å². The summed E-state index contributed by atoms with van der Waals surface area (Å²) in [5, 5.41) is 1.44. The van der Waals surface area contributed by atoms with Crippen LogP contribution in [0, 0.1) is 13.8 Å². The van der Waals surface area contributed by atoms with Crippen LogP contribution in [0.25, 0.3) is 18.2 Å². The van der Waals surface area contributed by atoms with Crippen molar-refractivity contribution in [2.45, 2.75) is 79.7 Å². The topological polar surface area (TPSA) is 135 Å². The molecule has 2 aromatic rings. The maximum absolute atomic E-state index is 12.9. The van der Waals surface area contributed by atoms with E-state index in [-0.39, 0.29) is 30.0 Å². The van der Waals surface area contributed by atoms with Crippen molar-refractivity contribution < 1.29 is 28.9 Å². The van der Waals surface area contributed by atoms with Crippen LogP contribution >= 0.6 is 0 Å². The van der Waals surface area contributed by atoms with Crippen LogP contribution in [0.1, 0.15) is 85.4 Å². The number of fused-ring (bicyclic) bond motifs is 6. The Morgan fingerprint density at radius 3 is 2.30 bits per heavy atom. The third-order valence-corrected chi connectivity index (χ3v) is 9.19. The Balaban J connectivity index is 1.77. The Kier molecular flexibility index (Phi) is 9.69. The molecule has 10 heteroatoms. The summed E-state index contributed by atoms with van der Waals surface area (Å²) in [6, 6.07) is -0.156. The number of esters is 1. The minimum atomic E-state index is -0.279. The standard InChI is InChI=1S/C36H42N4O6/c1-18-24(10-9-13-46-45-8)30-17-31-25(11-12-34(43)44-7)19(2)27(38-31)15-32-36(23(6)42)21(4)29(40-32)16-33-35(22(5)41)20(3)28(39-33)14-26(18)37-30/h14-16,30,38-39H,9-13,17H2,1-8H3/b28-14-,32-15-,33-16-. The summed E-state index contributed by atoms with van der Waals surface area (Å²) in [6.07, 6.45) is 8.61. The highest BCUT2D eigenvalue weighted by Gasteiger charge is 2.29. The van der Waals surface area contributed by atoms with E-state index in [0.717, 1.165) is 63.1 Å². The molecule has 3 aliphatic heterocycles. The van der Waals surface area contributed by atoms with Gasteiger partial charge in [0.2, 0.25) is 0 Å². The molecule has 0 saturated heterocycles. The SMILES string of the molecule is COOCCCC1=C(C)C2=NC1Cc1[nH]c(c(C)c1CCC(=O)OC)/C=C1N=C(/C=c3\[nH]/c(c(C)c3C(C)=O)=C\2)C(C)=C\1C(C)=O. The van der Waals surface area contributed by atoms with E-state index in [1.54, 1.807) is 13.8 Å². The van der Waals surface area contributed by atoms with Gasteiger partial charge in [-0.1, -0.05) is 0 Å². The Morgan fingerprint density at radius 1 is 0.891 bits per heavy atom. The summed E-state index contributed by atoms with van der Waals surface area (Å²) >= 11 is 0. The van der Waals surface area contributed by atoms with Gasteiger partial charge in [-0.15, -0.1) is 0 Å². The lowest BCUT2D eigenvalue weighted by molar-refractivity contribution is -0.272. The van der Waals surface area contributed by atoms with Gasteiger partial charge in [0.05, 0.1) is 49.3 Å². The predicted octanol–water partition coefficient (Wildman–Crippen LogP) is 4.28. The quantitative estimate of drug-likeness (QED) is 0.133. The summed E-state index contributed by atoms with van der Waals surface area (Å²) in [5.41, 5.74) is 10.8. The van der Waals surface area contributed by atoms with Crippen LogP contribution in [0.5, 0.6) is 0 Å². The summed E-state index contributed by atoms with van der Waals surface area (Å²) in [5.74, 6) is -0.437. The van der Waals surface area contributed by atoms with Crippen molar-refractivity contribution in [3.05, 3.63) is 72.3 Å². The Bertz CT molecular complexity index is 1910. The first kappa shape index (κ1) is 33.0. The first-order valence-corrected chi connectivity index (χ1v) is 15.6. The molecular formula is C36H42N4O6. The lowest BCUT2D eigenvalue weighted by Crippen LogP contribution is -2.17. The highest BCUT2D eigenvalue weighted by atomic mass is 17.2. The molecule has 8 bridgehead atoms. The van der Waals surface area contributed by atoms with Crippen molar-refractivity contribution in [3.8, 4) is 0 Å². The van der Waals surface area contributed by atoms with Gasteiger partial charge < -0.3 is 14.7 Å². The number of carbonyl (C=O) groups excluding carboxylic acids is 3. The van der Waals surface area contributed by atoms with Crippen molar-refractivity contribution >= 4 is 47.2 Å². The zero-order chi connectivity index (χ0) is 33.3. The fourth-order valence-corrected chi connectivity index (χ4v) is 6.76. The molecule has 3 aliphatic rings. The molecule has 0 saturated carbocycles. The monoisotopic (exact) mass is 626 g/mol. The molecule has 46 heavy (non-hydrogen) atoms. The molecule has 0 spiro atoms. The minimum absolute atomic E-state index is 0.0635. The van der Waals surface area contributed by atoms with Gasteiger partial charge in [-0.05, 0) is 112 Å². The maximum Gasteiger partial charge on any atom is 0.305 e. The van der Waals surface area contributed by atoms with Crippen LogP contribution in [-0.4, -0.2) is 65.8 Å². The van der Waals surface area contributed by atoms with E-state index in [0.29, 0.717) is 47.3 Å². The van der Waals surface area contributed by atoms with E-state index in [1.165, 1.54) is 19.8 Å². The number of hydrogen-bond acceptors (Lipinski definition) is 8. The second-order valence-electron chi connectivity index (χ2n) is 12.1. The van der Waals surface area contributed by atoms with Gasteiger partial charge in [0.1, 0.15) is 0 Å². The van der Waals surface area contributed by atoms with Gasteiger partial charge in [-0.25, -0.2) is 14.8 Å². The van der Waals surface area contributed by atoms with Gasteiger partial charge >= 0.3 is 5.97 Å². The Hall–Kier alpha value is -4.41. The number of allylic oxidation sites excluding steroid dienone is 3. The number of nitrogens with zero attached hydrogens (tertiary/aromatic N) is 2. The third-order valence-electron chi connectivity index (χ3n) is 9.19. The van der Waals surface area contributed by atoms with Crippen LogP contribution in [0.3, 0.4) is 0 Å². The molecule has 5 heterocycles. The maximum atomic E-state index is 12.9. The average Bonchev–Trinajstić information content (AvgIpc) is 3.67. The Morgan fingerprint density at radius 2 is 1.63 bits per heavy atom. The Labute approximate surface area is 268 Å². The largest absolute Gasteiger partial charge is 0.469 e. The summed E-state index contributed by atoms with van der Waals surface area (Å²) in [4.78, 5) is 65.2. The van der Waals surface area contributed by atoms with Crippen molar-refractivity contribution in [2.75, 3.05) is 20.8 Å². The fraction of sp³-hybridized carbons (Fsp3) is 0.417. The lowest BCUT2D eigenvalue weighted by Gasteiger charge is -2.15. The molecule has 2 N–H and O–H groups in total. The number of aliphatic imine (C=N–C) groups is 2. The number of hydrogen-bond donors (Lipinski definition) is 2. The molecule has 10 nitrogen and oxygen atoms in total. The highest BCUT2D eigenvalue weighted by molar-refractivity contribution is 6.27. The number of aromatic nitrogens is 2. The van der Waals surface area contributed by atoms with Gasteiger partial charge in [-0.2, -0.15) is 0 Å². The zero-order valence-corrected chi connectivity index (χ0v) is 27.9. The second kappa shape index (κ2) is 13.5. The van der Waals surface area contributed by atoms with E-state index in [9.17, 15) is 14.4 Å². The number of H-pyrrole nitrogens is 2. The number of ketones is 2. The van der Waals surface area contributed by atoms with Gasteiger partial charge in [-0.3, -0.25) is 19.4 Å². The zero-order valence-electron chi connectivity index (χ0n) is 27.9. The molecule has 0 aliphatic carbocycles. The van der Waals surface area contributed by atoms with Crippen LogP contribution in [0.15, 0.2) is 38.0 Å². The number of Topliss-reactive ketones (excluding diaryl/α,β-unsaturated/α-hetero) is 2. The van der Waals surface area contributed by atoms with Crippen molar-refractivity contribution in [1.29, 1.82) is 0 Å². The summed E-state index contributed by atoms with van der Waals surface area (Å²) in [6.45, 7) is 11.5. The van der Waals surface area contributed by atoms with Gasteiger partial charge in [0.25, 0.3) is 0 Å². The molecule has 1 unspecified atom stereocenters. The third kappa shape index (κ3) is 6.32. The van der Waals surface area contributed by atoms with Crippen molar-refractivity contribution in [2.24, 2.45) is 9.98 Å². The first-order valence-electron chi connectivity index (χ1n) is 15.6. The average molecular weight is 627 g/mol. The predicted molar refractivity (Wildman–Crippen MR) is 178 cm³/mol. The van der Waals surface area contributed by atoms with E-state index < -0.39 is 0 Å². The van der Waals surface area contributed by atoms with Crippen molar-refractivity contribution in [1.82, 2.24) is 9.97 Å². The molecule has 0 aromatic carbocycles. The van der Waals surface area contributed by atoms with E-state index in [1.807, 2.05) is 39.0 Å². The molecule has 1 atom stereocenters. The summed E-state index contributed by atoms with van der Waals surface area (Å²) < 4.78 is 4.96. The molecule has 0 radical (unpaired) electrons. The van der Waals surface area contributed by atoms with Gasteiger partial charge in [0.15, 0.2) is 11.6 Å². The van der Waals surface area contributed by atoms with Gasteiger partial charge in [0, 0.05) is 40.7 Å². The minimum Gasteiger partial charge on any atom is -0.469 e. The van der Waals surface area contributed by atoms with E-state index in [4.69, 9.17) is 24.5 Å². The number of rotatable bonds is 10. The molecule has 0 fully saturated rings. The van der Waals surface area contributed by atoms with Crippen LogP contribution in [0.4, 0.5) is 0 Å². The highest BCUT2D eigenvalue weighted by Crippen LogP contribution is 2.34. The molecular weight excluding hydrogens is 584 g/mol. The second-order valence-corrected chi connectivity index (χ2v) is 12.1. The number of methoxy groups -OCH3 is 1. The number of carbonyl (C=O) groups is 3. The fourth-order valence-electron chi connectivity index (χ4n) is 6.76. The number of nitrogens with one attached hydrogen (secondary N) is 2. The number of ether oxygens (including phenoxy) is 1. The molecule has 2 aromatic heterocycles. The van der Waals surface area contributed by atoms with Crippen molar-refractivity contribution in [3.63, 3.8) is 0 Å².